The molecule has 0 fully saturated rings. The summed E-state index contributed by atoms with van der Waals surface area (Å²) in [5, 5.41) is 10.0. The number of nitrogens with zero attached hydrogens (tertiary/aromatic N) is 1. The molecule has 4 nitrogen and oxygen atoms in total. The lowest BCUT2D eigenvalue weighted by atomic mass is 10.1. The lowest BCUT2D eigenvalue weighted by Gasteiger charge is -1.94. The van der Waals surface area contributed by atoms with E-state index < -0.39 is 0 Å². The maximum atomic E-state index is 10.0. The highest BCUT2D eigenvalue weighted by Crippen LogP contribution is 2.31. The highest BCUT2D eigenvalue weighted by molar-refractivity contribution is 5.62. The average Bonchev–Trinajstić information content (AvgIpc) is 2.76. The molecule has 4 heteroatoms. The fourth-order valence-corrected chi connectivity index (χ4v) is 2.20. The van der Waals surface area contributed by atoms with E-state index in [4.69, 9.17) is 4.42 Å². The summed E-state index contributed by atoms with van der Waals surface area (Å²) in [6.07, 6.45) is 0. The molecule has 2 aromatic carbocycles. The molecule has 2 N–H and O–H groups in total. The molecule has 0 amide bonds. The summed E-state index contributed by atoms with van der Waals surface area (Å²) in [5.74, 6) is 0.574. The monoisotopic (exact) mass is 269 g/mol. The molecule has 1 aromatic heterocycles. The van der Waals surface area contributed by atoms with E-state index in [9.17, 15) is 5.11 Å². The molecule has 0 atom stereocenters. The maximum Gasteiger partial charge on any atom is 0.383 e. The molecule has 0 radical (unpaired) electrons. The van der Waals surface area contributed by atoms with Gasteiger partial charge in [-0.15, -0.1) is 0 Å². The van der Waals surface area contributed by atoms with E-state index in [0.717, 1.165) is 11.1 Å². The fraction of sp³-hybridized carbons (Fsp3) is 0.0625. The third-order valence-electron chi connectivity index (χ3n) is 3.10. The van der Waals surface area contributed by atoms with Gasteiger partial charge in [-0.25, -0.2) is 0 Å². The van der Waals surface area contributed by atoms with E-state index in [1.165, 1.54) is 0 Å². The van der Waals surface area contributed by atoms with Crippen LogP contribution in [0.5, 0.6) is 5.95 Å². The van der Waals surface area contributed by atoms with Crippen molar-refractivity contribution in [3.63, 3.8) is 0 Å². The van der Waals surface area contributed by atoms with Crippen LogP contribution in [-0.2, 0) is 7.05 Å². The van der Waals surface area contributed by atoms with Crippen LogP contribution in [0.2, 0.25) is 0 Å². The van der Waals surface area contributed by atoms with Gasteiger partial charge in [0.05, 0.1) is 11.1 Å². The van der Waals surface area contributed by atoms with Crippen molar-refractivity contribution in [3.05, 3.63) is 60.7 Å². The van der Waals surface area contributed by atoms with Gasteiger partial charge in [0, 0.05) is 0 Å². The molecular weight excluding hydrogens is 254 g/mol. The van der Waals surface area contributed by atoms with Gasteiger partial charge < -0.3 is 15.0 Å². The second-order valence-electron chi connectivity index (χ2n) is 4.35. The van der Waals surface area contributed by atoms with Gasteiger partial charge in [-0.05, 0) is 24.3 Å². The minimum atomic E-state index is -0.0625. The van der Waals surface area contributed by atoms with Crippen molar-refractivity contribution >= 4 is 0 Å². The Hall–Kier alpha value is -2.59. The van der Waals surface area contributed by atoms with Crippen molar-refractivity contribution in [3.8, 4) is 28.7 Å². The molecule has 0 aliphatic rings. The summed E-state index contributed by atoms with van der Waals surface area (Å²) >= 11 is 0. The Balaban J connectivity index is 0.00000147. The van der Waals surface area contributed by atoms with E-state index in [1.807, 2.05) is 72.3 Å². The molecule has 102 valence electrons. The fourth-order valence-electron chi connectivity index (χ4n) is 2.20. The Labute approximate surface area is 116 Å². The average molecular weight is 269 g/mol. The van der Waals surface area contributed by atoms with Gasteiger partial charge in [0.2, 0.25) is 0 Å². The molecule has 0 saturated carbocycles. The maximum absolute atomic E-state index is 10.0. The van der Waals surface area contributed by atoms with Crippen LogP contribution in [0.25, 0.3) is 22.7 Å². The number of aromatic hydroxyl groups is 1. The van der Waals surface area contributed by atoms with Gasteiger partial charge in [-0.1, -0.05) is 36.4 Å². The Morgan fingerprint density at radius 1 is 0.850 bits per heavy atom. The SMILES string of the molecule is C[n+]1c(-c2ccccc2)oc(O)c1-c1ccccc1.[OH-]. The van der Waals surface area contributed by atoms with Crippen molar-refractivity contribution in [1.29, 1.82) is 0 Å². The molecule has 3 aromatic rings. The number of benzene rings is 2. The quantitative estimate of drug-likeness (QED) is 0.727. The highest BCUT2D eigenvalue weighted by atomic mass is 16.5. The molecule has 0 bridgehead atoms. The predicted octanol–water partition coefficient (Wildman–Crippen LogP) is 2.97. The standard InChI is InChI=1S/C16H13NO2.H2O/c1-17-14(12-8-4-2-5-9-12)16(18)19-15(17)13-10-6-3-7-11-13;/h2-11H,1H3;1H2. The summed E-state index contributed by atoms with van der Waals surface area (Å²) in [6.45, 7) is 0. The Bertz CT molecular complexity index is 691. The topological polar surface area (TPSA) is 67.2 Å². The molecular formula is C16H15NO3. The normalized spacial score (nSPS) is 10.1. The van der Waals surface area contributed by atoms with E-state index in [0.29, 0.717) is 11.6 Å². The van der Waals surface area contributed by atoms with Crippen LogP contribution < -0.4 is 4.57 Å². The first-order valence-corrected chi connectivity index (χ1v) is 6.10. The van der Waals surface area contributed by atoms with E-state index in [1.54, 1.807) is 0 Å². The number of rotatable bonds is 2. The van der Waals surface area contributed by atoms with Crippen LogP contribution in [0.15, 0.2) is 65.1 Å². The summed E-state index contributed by atoms with van der Waals surface area (Å²) in [5.41, 5.74) is 2.54. The summed E-state index contributed by atoms with van der Waals surface area (Å²) in [4.78, 5) is 0. The zero-order valence-electron chi connectivity index (χ0n) is 11.0. The molecule has 0 aliphatic carbocycles. The molecule has 0 saturated heterocycles. The summed E-state index contributed by atoms with van der Waals surface area (Å²) in [6, 6.07) is 19.4. The summed E-state index contributed by atoms with van der Waals surface area (Å²) in [7, 11) is 1.88. The molecule has 20 heavy (non-hydrogen) atoms. The van der Waals surface area contributed by atoms with Crippen molar-refractivity contribution in [2.75, 3.05) is 0 Å². The van der Waals surface area contributed by atoms with Crippen LogP contribution in [0.1, 0.15) is 0 Å². The van der Waals surface area contributed by atoms with Crippen molar-refractivity contribution in [2.24, 2.45) is 7.05 Å². The van der Waals surface area contributed by atoms with Gasteiger partial charge in [0.15, 0.2) is 0 Å². The van der Waals surface area contributed by atoms with Crippen LogP contribution in [0.4, 0.5) is 0 Å². The first-order chi connectivity index (χ1) is 9.27. The number of hydrogen-bond acceptors (Lipinski definition) is 3. The van der Waals surface area contributed by atoms with Crippen LogP contribution in [0.3, 0.4) is 0 Å². The lowest BCUT2D eigenvalue weighted by Crippen LogP contribution is -2.30. The minimum Gasteiger partial charge on any atom is -0.870 e. The van der Waals surface area contributed by atoms with Gasteiger partial charge in [-0.2, -0.15) is 4.57 Å². The van der Waals surface area contributed by atoms with Crippen molar-refractivity contribution in [2.45, 2.75) is 0 Å². The van der Waals surface area contributed by atoms with E-state index in [2.05, 4.69) is 0 Å². The van der Waals surface area contributed by atoms with Crippen LogP contribution >= 0.6 is 0 Å². The zero-order valence-corrected chi connectivity index (χ0v) is 11.0. The Morgan fingerprint density at radius 3 is 1.90 bits per heavy atom. The number of hydrogen-bond donors (Lipinski definition) is 1. The molecule has 1 heterocycles. The zero-order chi connectivity index (χ0) is 13.2. The van der Waals surface area contributed by atoms with Crippen LogP contribution in [-0.4, -0.2) is 10.6 Å². The van der Waals surface area contributed by atoms with E-state index in [-0.39, 0.29) is 11.4 Å². The third kappa shape index (κ3) is 2.29. The van der Waals surface area contributed by atoms with Crippen molar-refractivity contribution in [1.82, 2.24) is 0 Å². The largest absolute Gasteiger partial charge is 0.870 e. The molecule has 0 unspecified atom stereocenters. The second kappa shape index (κ2) is 5.59. The summed E-state index contributed by atoms with van der Waals surface area (Å²) < 4.78 is 7.37. The minimum absolute atomic E-state index is 0. The number of aromatic nitrogens is 1. The lowest BCUT2D eigenvalue weighted by molar-refractivity contribution is -0.652. The van der Waals surface area contributed by atoms with Gasteiger partial charge in [-0.3, -0.25) is 0 Å². The van der Waals surface area contributed by atoms with Crippen molar-refractivity contribution < 1.29 is 19.6 Å². The Kier molecular flexibility index (Phi) is 3.86. The molecule has 0 spiro atoms. The van der Waals surface area contributed by atoms with E-state index >= 15 is 0 Å². The molecule has 0 aliphatic heterocycles. The van der Waals surface area contributed by atoms with Gasteiger partial charge in [0.1, 0.15) is 7.05 Å². The first kappa shape index (κ1) is 13.8. The van der Waals surface area contributed by atoms with Crippen LogP contribution in [0, 0.1) is 0 Å². The predicted molar refractivity (Wildman–Crippen MR) is 74.4 cm³/mol. The second-order valence-corrected chi connectivity index (χ2v) is 4.35. The molecule has 3 rings (SSSR count). The van der Waals surface area contributed by atoms with Gasteiger partial charge >= 0.3 is 11.8 Å². The number of oxazole rings is 1. The highest BCUT2D eigenvalue weighted by Gasteiger charge is 2.27. The first-order valence-electron chi connectivity index (χ1n) is 6.10. The Morgan fingerprint density at radius 2 is 1.35 bits per heavy atom. The smallest absolute Gasteiger partial charge is 0.383 e. The third-order valence-corrected chi connectivity index (χ3v) is 3.10. The van der Waals surface area contributed by atoms with Gasteiger partial charge in [0.25, 0.3) is 5.69 Å².